The van der Waals surface area contributed by atoms with Crippen LogP contribution >= 0.6 is 0 Å². The van der Waals surface area contributed by atoms with E-state index in [4.69, 9.17) is 14.2 Å². The molecule has 0 radical (unpaired) electrons. The number of amides is 2. The third-order valence-electron chi connectivity index (χ3n) is 9.86. The normalized spacial score (nSPS) is 18.8. The van der Waals surface area contributed by atoms with Crippen molar-refractivity contribution in [1.82, 2.24) is 15.5 Å². The topological polar surface area (TPSA) is 130 Å². The number of nitrogens with one attached hydrogen (secondary N) is 2. The van der Waals surface area contributed by atoms with Crippen molar-refractivity contribution in [3.63, 3.8) is 0 Å². The zero-order valence-corrected chi connectivity index (χ0v) is 29.4. The maximum absolute atomic E-state index is 14.1. The van der Waals surface area contributed by atoms with E-state index in [0.29, 0.717) is 25.9 Å². The number of hydrogen-bond acceptors (Lipinski definition) is 8. The molecular weight excluding hydrogens is 658 g/mol. The molecule has 1 fully saturated rings. The van der Waals surface area contributed by atoms with Gasteiger partial charge in [-0.3, -0.25) is 9.69 Å². The van der Waals surface area contributed by atoms with E-state index < -0.39 is 36.3 Å². The molecule has 1 aliphatic carbocycles. The number of benzene rings is 4. The number of aliphatic hydroxyl groups is 2. The molecule has 52 heavy (non-hydrogen) atoms. The predicted molar refractivity (Wildman–Crippen MR) is 198 cm³/mol. The van der Waals surface area contributed by atoms with Crippen LogP contribution in [0.1, 0.15) is 40.3 Å². The van der Waals surface area contributed by atoms with E-state index in [1.165, 1.54) is 0 Å². The summed E-state index contributed by atoms with van der Waals surface area (Å²) in [7, 11) is 0. The van der Waals surface area contributed by atoms with E-state index in [2.05, 4.69) is 15.5 Å². The number of hydrogen-bond donors (Lipinski definition) is 4. The Labute approximate surface area is 305 Å². The molecule has 0 aromatic heterocycles. The lowest BCUT2D eigenvalue weighted by molar-refractivity contribution is -0.127. The number of nitrogens with zero attached hydrogens (tertiary/aromatic N) is 1. The van der Waals surface area contributed by atoms with Crippen LogP contribution in [0, 0.1) is 5.92 Å². The van der Waals surface area contributed by atoms with Gasteiger partial charge in [-0.1, -0.05) is 97.1 Å². The number of carbonyl (C=O) groups excluding carboxylic acids is 2. The molecule has 4 aromatic rings. The number of alkyl carbamates (subject to hydrolysis) is 1. The maximum atomic E-state index is 14.1. The van der Waals surface area contributed by atoms with Gasteiger partial charge in [0.25, 0.3) is 0 Å². The quantitative estimate of drug-likeness (QED) is 0.133. The Balaban J connectivity index is 1.16. The van der Waals surface area contributed by atoms with Crippen molar-refractivity contribution >= 4 is 12.0 Å². The van der Waals surface area contributed by atoms with Crippen LogP contribution in [0.2, 0.25) is 0 Å². The first-order valence-corrected chi connectivity index (χ1v) is 18.2. The van der Waals surface area contributed by atoms with E-state index in [1.807, 2.05) is 109 Å². The second-order valence-electron chi connectivity index (χ2n) is 13.6. The highest BCUT2D eigenvalue weighted by Crippen LogP contribution is 2.32. The average Bonchev–Trinajstić information content (AvgIpc) is 3.49. The van der Waals surface area contributed by atoms with Crippen LogP contribution in [0.4, 0.5) is 4.79 Å². The smallest absolute Gasteiger partial charge is 0.407 e. The van der Waals surface area contributed by atoms with Gasteiger partial charge in [0.15, 0.2) is 0 Å². The number of carbonyl (C=O) groups is 2. The highest BCUT2D eigenvalue weighted by atomic mass is 16.5. The lowest BCUT2D eigenvalue weighted by Crippen LogP contribution is -2.47. The molecule has 0 bridgehead atoms. The minimum atomic E-state index is -1.09. The van der Waals surface area contributed by atoms with Crippen molar-refractivity contribution in [3.8, 4) is 5.75 Å². The van der Waals surface area contributed by atoms with Gasteiger partial charge in [-0.15, -0.1) is 0 Å². The van der Waals surface area contributed by atoms with Gasteiger partial charge in [0, 0.05) is 32.0 Å². The van der Waals surface area contributed by atoms with Gasteiger partial charge in [0.2, 0.25) is 5.91 Å². The fraction of sp³-hybridized carbons (Fsp3) is 0.381. The summed E-state index contributed by atoms with van der Waals surface area (Å²) < 4.78 is 16.9. The Hall–Kier alpha value is -4.74. The average molecular weight is 708 g/mol. The predicted octanol–water partition coefficient (Wildman–Crippen LogP) is 4.62. The molecule has 1 saturated heterocycles. The van der Waals surface area contributed by atoms with Crippen LogP contribution in [-0.4, -0.2) is 84.8 Å². The molecule has 4 aromatic carbocycles. The first kappa shape index (κ1) is 37.0. The van der Waals surface area contributed by atoms with E-state index >= 15 is 0 Å². The Kier molecular flexibility index (Phi) is 13.3. The van der Waals surface area contributed by atoms with Crippen molar-refractivity contribution < 1.29 is 34.0 Å². The molecule has 4 N–H and O–H groups in total. The van der Waals surface area contributed by atoms with Crippen LogP contribution in [0.25, 0.3) is 0 Å². The number of aliphatic hydroxyl groups excluding tert-OH is 2. The van der Waals surface area contributed by atoms with Crippen molar-refractivity contribution in [1.29, 1.82) is 0 Å². The number of fused-ring (bicyclic) bond motifs is 1. The molecule has 1 aliphatic heterocycles. The van der Waals surface area contributed by atoms with Gasteiger partial charge in [-0.25, -0.2) is 4.79 Å². The van der Waals surface area contributed by atoms with E-state index in [1.54, 1.807) is 0 Å². The first-order chi connectivity index (χ1) is 25.4. The fourth-order valence-corrected chi connectivity index (χ4v) is 6.95. The molecular formula is C42H49N3O7. The monoisotopic (exact) mass is 707 g/mol. The fourth-order valence-electron chi connectivity index (χ4n) is 6.95. The molecule has 0 unspecified atom stereocenters. The summed E-state index contributed by atoms with van der Waals surface area (Å²) in [4.78, 5) is 29.5. The summed E-state index contributed by atoms with van der Waals surface area (Å²) in [5.74, 6) is -0.218. The second kappa shape index (κ2) is 18.7. The zero-order valence-electron chi connectivity index (χ0n) is 29.4. The molecule has 6 rings (SSSR count). The highest BCUT2D eigenvalue weighted by molar-refractivity contribution is 5.80. The van der Waals surface area contributed by atoms with Crippen molar-refractivity contribution in [2.24, 2.45) is 5.92 Å². The zero-order chi connectivity index (χ0) is 36.1. The Morgan fingerprint density at radius 1 is 0.827 bits per heavy atom. The van der Waals surface area contributed by atoms with E-state index in [0.717, 1.165) is 66.4 Å². The number of rotatable bonds is 16. The van der Waals surface area contributed by atoms with Crippen LogP contribution in [0.5, 0.6) is 5.75 Å². The Bertz CT molecular complexity index is 1700. The van der Waals surface area contributed by atoms with Crippen LogP contribution in [0.15, 0.2) is 109 Å². The van der Waals surface area contributed by atoms with Gasteiger partial charge in [-0.2, -0.15) is 0 Å². The molecule has 0 saturated carbocycles. The van der Waals surface area contributed by atoms with Gasteiger partial charge >= 0.3 is 6.09 Å². The van der Waals surface area contributed by atoms with Crippen molar-refractivity contribution in [2.45, 2.75) is 56.6 Å². The lowest BCUT2D eigenvalue weighted by atomic mass is 9.88. The van der Waals surface area contributed by atoms with Gasteiger partial charge in [0.1, 0.15) is 19.0 Å². The summed E-state index contributed by atoms with van der Waals surface area (Å²) in [5.41, 5.74) is 4.56. The molecule has 1 heterocycles. The second-order valence-corrected chi connectivity index (χ2v) is 13.6. The highest BCUT2D eigenvalue weighted by Gasteiger charge is 2.35. The minimum absolute atomic E-state index is 0.0601. The van der Waals surface area contributed by atoms with E-state index in [9.17, 15) is 19.8 Å². The molecule has 0 spiro atoms. The first-order valence-electron chi connectivity index (χ1n) is 18.2. The SMILES string of the molecule is O=C(N[C@@H](Cc1ccccc1)[C@@H](O)C[C@@H](Cc1ccc(OCCN2CCOCC2)cc1)C(=O)N[C@H]1c2ccccc2C[C@H]1O)OCc1ccccc1. The third kappa shape index (κ3) is 10.6. The summed E-state index contributed by atoms with van der Waals surface area (Å²) in [6, 6.07) is 33.1. The van der Waals surface area contributed by atoms with Crippen molar-refractivity contribution in [3.05, 3.63) is 137 Å². The summed E-state index contributed by atoms with van der Waals surface area (Å²) in [6.07, 6.45) is -1.32. The molecule has 10 nitrogen and oxygen atoms in total. The van der Waals surface area contributed by atoms with Gasteiger partial charge < -0.3 is 35.1 Å². The van der Waals surface area contributed by atoms with Gasteiger partial charge in [-0.05, 0) is 59.2 Å². The maximum Gasteiger partial charge on any atom is 0.407 e. The van der Waals surface area contributed by atoms with Crippen LogP contribution in [-0.2, 0) is 40.1 Å². The largest absolute Gasteiger partial charge is 0.492 e. The number of morpholine rings is 1. The van der Waals surface area contributed by atoms with Crippen LogP contribution in [0.3, 0.4) is 0 Å². The minimum Gasteiger partial charge on any atom is -0.492 e. The molecule has 10 heteroatoms. The molecule has 5 atom stereocenters. The van der Waals surface area contributed by atoms with E-state index in [-0.39, 0.29) is 18.9 Å². The van der Waals surface area contributed by atoms with Gasteiger partial charge in [0.05, 0.1) is 37.5 Å². The lowest BCUT2D eigenvalue weighted by Gasteiger charge is -2.28. The summed E-state index contributed by atoms with van der Waals surface area (Å²) >= 11 is 0. The van der Waals surface area contributed by atoms with Crippen LogP contribution < -0.4 is 15.4 Å². The summed E-state index contributed by atoms with van der Waals surface area (Å²) in [5, 5.41) is 28.7. The Morgan fingerprint density at radius 3 is 2.21 bits per heavy atom. The molecule has 2 amide bonds. The number of ether oxygens (including phenoxy) is 3. The molecule has 274 valence electrons. The summed E-state index contributed by atoms with van der Waals surface area (Å²) in [6.45, 7) is 4.75. The standard InChI is InChI=1S/C42H49N3O7/c46-38(37(26-30-9-3-1-4-10-30)43-42(49)52-29-32-11-5-2-6-12-32)28-34(41(48)44-40-36-14-8-7-13-33(36)27-39(40)47)25-31-15-17-35(18-16-31)51-24-21-45-19-22-50-23-20-45/h1-18,34,37-40,46-47H,19-29H2,(H,43,49)(H,44,48)/t34-,37+,38+,39-,40+/m1/s1. The molecule has 2 aliphatic rings. The van der Waals surface area contributed by atoms with Crippen molar-refractivity contribution in [2.75, 3.05) is 39.5 Å². The Morgan fingerprint density at radius 2 is 1.48 bits per heavy atom. The third-order valence-corrected chi connectivity index (χ3v) is 9.86.